The Labute approximate surface area is 114 Å². The van der Waals surface area contributed by atoms with Crippen molar-refractivity contribution in [3.63, 3.8) is 0 Å². The Bertz CT molecular complexity index is 650. The Kier molecular flexibility index (Phi) is 3.99. The molecule has 106 valence electrons. The first-order valence-electron chi connectivity index (χ1n) is 6.17. The predicted molar refractivity (Wildman–Crippen MR) is 73.5 cm³/mol. The van der Waals surface area contributed by atoms with E-state index in [0.717, 1.165) is 0 Å². The summed E-state index contributed by atoms with van der Waals surface area (Å²) in [7, 11) is 0. The van der Waals surface area contributed by atoms with Crippen LogP contribution in [0.25, 0.3) is 10.9 Å². The third-order valence-electron chi connectivity index (χ3n) is 3.04. The molecule has 1 amide bonds. The number of benzene rings is 1. The number of nitro groups is 1. The number of hydrogen-bond acceptors (Lipinski definition) is 4. The van der Waals surface area contributed by atoms with E-state index in [1.165, 1.54) is 18.3 Å². The maximum absolute atomic E-state index is 12.0. The fraction of sp³-hybridized carbons (Fsp3) is 0.308. The molecule has 3 N–H and O–H groups in total. The largest absolute Gasteiger partial charge is 0.396 e. The van der Waals surface area contributed by atoms with E-state index in [4.69, 9.17) is 5.11 Å². The van der Waals surface area contributed by atoms with E-state index in [9.17, 15) is 14.9 Å². The second-order valence-corrected chi connectivity index (χ2v) is 4.69. The van der Waals surface area contributed by atoms with Crippen molar-refractivity contribution >= 4 is 22.5 Å². The molecule has 0 aliphatic carbocycles. The highest BCUT2D eigenvalue weighted by Gasteiger charge is 2.15. The van der Waals surface area contributed by atoms with Crippen molar-refractivity contribution in [3.05, 3.63) is 40.1 Å². The monoisotopic (exact) mass is 277 g/mol. The highest BCUT2D eigenvalue weighted by molar-refractivity contribution is 6.07. The van der Waals surface area contributed by atoms with Crippen LogP contribution in [0.1, 0.15) is 17.3 Å². The standard InChI is InChI=1S/C13H15N3O4/c1-8(7-17)5-15-13(18)11-6-14-12-3-2-9(16(19)20)4-10(11)12/h2-4,6,8,14,17H,5,7H2,1H3,(H,15,18). The zero-order chi connectivity index (χ0) is 14.7. The van der Waals surface area contributed by atoms with E-state index >= 15 is 0 Å². The van der Waals surface area contributed by atoms with E-state index in [2.05, 4.69) is 10.3 Å². The zero-order valence-corrected chi connectivity index (χ0v) is 10.9. The van der Waals surface area contributed by atoms with Crippen LogP contribution in [-0.2, 0) is 0 Å². The summed E-state index contributed by atoms with van der Waals surface area (Å²) in [4.78, 5) is 25.2. The van der Waals surface area contributed by atoms with Gasteiger partial charge in [-0.1, -0.05) is 6.92 Å². The van der Waals surface area contributed by atoms with Gasteiger partial charge in [-0.2, -0.15) is 0 Å². The minimum atomic E-state index is -0.498. The number of non-ortho nitro benzene ring substituents is 1. The molecule has 0 aliphatic rings. The molecule has 0 aliphatic heterocycles. The lowest BCUT2D eigenvalue weighted by Crippen LogP contribution is -2.29. The number of aromatic nitrogens is 1. The number of amides is 1. The van der Waals surface area contributed by atoms with E-state index in [-0.39, 0.29) is 24.1 Å². The fourth-order valence-electron chi connectivity index (χ4n) is 1.84. The van der Waals surface area contributed by atoms with Gasteiger partial charge < -0.3 is 15.4 Å². The van der Waals surface area contributed by atoms with Crippen molar-refractivity contribution in [1.82, 2.24) is 10.3 Å². The molecular weight excluding hydrogens is 262 g/mol. The predicted octanol–water partition coefficient (Wildman–Crippen LogP) is 1.43. The molecule has 0 saturated carbocycles. The number of carbonyl (C=O) groups is 1. The lowest BCUT2D eigenvalue weighted by molar-refractivity contribution is -0.384. The number of nitro benzene ring substituents is 1. The van der Waals surface area contributed by atoms with Crippen molar-refractivity contribution in [2.24, 2.45) is 5.92 Å². The molecule has 7 nitrogen and oxygen atoms in total. The number of nitrogens with zero attached hydrogens (tertiary/aromatic N) is 1. The molecule has 2 aromatic rings. The Morgan fingerprint density at radius 1 is 1.55 bits per heavy atom. The summed E-state index contributed by atoms with van der Waals surface area (Å²) in [6, 6.07) is 4.32. The van der Waals surface area contributed by atoms with Gasteiger partial charge in [0.15, 0.2) is 0 Å². The first kappa shape index (κ1) is 14.0. The highest BCUT2D eigenvalue weighted by Crippen LogP contribution is 2.23. The van der Waals surface area contributed by atoms with Crippen LogP contribution in [0.2, 0.25) is 0 Å². The lowest BCUT2D eigenvalue weighted by Gasteiger charge is -2.08. The minimum Gasteiger partial charge on any atom is -0.396 e. The van der Waals surface area contributed by atoms with Crippen LogP contribution >= 0.6 is 0 Å². The van der Waals surface area contributed by atoms with Gasteiger partial charge in [-0.3, -0.25) is 14.9 Å². The van der Waals surface area contributed by atoms with Gasteiger partial charge in [0.25, 0.3) is 11.6 Å². The second-order valence-electron chi connectivity index (χ2n) is 4.69. The number of H-pyrrole nitrogens is 1. The molecule has 0 saturated heterocycles. The number of rotatable bonds is 5. The van der Waals surface area contributed by atoms with Gasteiger partial charge in [0.1, 0.15) is 0 Å². The maximum Gasteiger partial charge on any atom is 0.270 e. The van der Waals surface area contributed by atoms with E-state index in [1.54, 1.807) is 13.0 Å². The number of hydrogen-bond donors (Lipinski definition) is 3. The first-order valence-corrected chi connectivity index (χ1v) is 6.17. The minimum absolute atomic E-state index is 0.0142. The van der Waals surface area contributed by atoms with Gasteiger partial charge in [-0.25, -0.2) is 0 Å². The topological polar surface area (TPSA) is 108 Å². The van der Waals surface area contributed by atoms with Gasteiger partial charge in [-0.05, 0) is 12.0 Å². The van der Waals surface area contributed by atoms with Gasteiger partial charge in [0.2, 0.25) is 0 Å². The first-order chi connectivity index (χ1) is 9.52. The Morgan fingerprint density at radius 2 is 2.30 bits per heavy atom. The summed E-state index contributed by atoms with van der Waals surface area (Å²) in [6.45, 7) is 2.14. The van der Waals surface area contributed by atoms with Crippen molar-refractivity contribution in [1.29, 1.82) is 0 Å². The number of carbonyl (C=O) groups excluding carboxylic acids is 1. The molecule has 1 aromatic carbocycles. The molecule has 0 radical (unpaired) electrons. The Morgan fingerprint density at radius 3 is 2.95 bits per heavy atom. The van der Waals surface area contributed by atoms with Gasteiger partial charge >= 0.3 is 0 Å². The molecule has 1 atom stereocenters. The van der Waals surface area contributed by atoms with E-state index < -0.39 is 4.92 Å². The summed E-state index contributed by atoms with van der Waals surface area (Å²) in [5.74, 6) is -0.365. The van der Waals surface area contributed by atoms with Crippen molar-refractivity contribution in [2.75, 3.05) is 13.2 Å². The Balaban J connectivity index is 2.27. The van der Waals surface area contributed by atoms with Crippen molar-refractivity contribution < 1.29 is 14.8 Å². The summed E-state index contributed by atoms with van der Waals surface area (Å²) in [6.07, 6.45) is 1.52. The molecular formula is C13H15N3O4. The smallest absolute Gasteiger partial charge is 0.270 e. The van der Waals surface area contributed by atoms with E-state index in [0.29, 0.717) is 23.0 Å². The zero-order valence-electron chi connectivity index (χ0n) is 10.9. The fourth-order valence-corrected chi connectivity index (χ4v) is 1.84. The van der Waals surface area contributed by atoms with Crippen LogP contribution in [0.4, 0.5) is 5.69 Å². The summed E-state index contributed by atoms with van der Waals surface area (Å²) in [5, 5.41) is 22.9. The molecule has 1 heterocycles. The molecule has 2 rings (SSSR count). The highest BCUT2D eigenvalue weighted by atomic mass is 16.6. The van der Waals surface area contributed by atoms with Crippen molar-refractivity contribution in [2.45, 2.75) is 6.92 Å². The van der Waals surface area contributed by atoms with Crippen LogP contribution in [0, 0.1) is 16.0 Å². The summed E-state index contributed by atoms with van der Waals surface area (Å²) >= 11 is 0. The average molecular weight is 277 g/mol. The number of nitrogens with one attached hydrogen (secondary N) is 2. The molecule has 20 heavy (non-hydrogen) atoms. The Hall–Kier alpha value is -2.41. The van der Waals surface area contributed by atoms with E-state index in [1.807, 2.05) is 0 Å². The van der Waals surface area contributed by atoms with Crippen LogP contribution in [0.3, 0.4) is 0 Å². The van der Waals surface area contributed by atoms with Gasteiger partial charge in [-0.15, -0.1) is 0 Å². The van der Waals surface area contributed by atoms with Gasteiger partial charge in [0.05, 0.1) is 10.5 Å². The number of aromatic amines is 1. The third-order valence-corrected chi connectivity index (χ3v) is 3.04. The van der Waals surface area contributed by atoms with Crippen molar-refractivity contribution in [3.8, 4) is 0 Å². The number of fused-ring (bicyclic) bond motifs is 1. The molecule has 7 heteroatoms. The van der Waals surface area contributed by atoms with Crippen LogP contribution in [0.5, 0.6) is 0 Å². The second kappa shape index (κ2) is 5.70. The summed E-state index contributed by atoms with van der Waals surface area (Å²) in [5.41, 5.74) is 0.958. The normalized spacial score (nSPS) is 12.3. The number of aliphatic hydroxyl groups is 1. The van der Waals surface area contributed by atoms with Gasteiger partial charge in [0, 0.05) is 42.4 Å². The lowest BCUT2D eigenvalue weighted by atomic mass is 10.1. The molecule has 1 aromatic heterocycles. The molecule has 0 fully saturated rings. The van der Waals surface area contributed by atoms with Crippen LogP contribution < -0.4 is 5.32 Å². The quantitative estimate of drug-likeness (QED) is 0.567. The van der Waals surface area contributed by atoms with Crippen LogP contribution in [0.15, 0.2) is 24.4 Å². The summed E-state index contributed by atoms with van der Waals surface area (Å²) < 4.78 is 0. The molecule has 1 unspecified atom stereocenters. The maximum atomic E-state index is 12.0. The third kappa shape index (κ3) is 2.77. The number of aliphatic hydroxyl groups excluding tert-OH is 1. The molecule has 0 spiro atoms. The SMILES string of the molecule is CC(CO)CNC(=O)c1c[nH]c2ccc([N+](=O)[O-])cc12. The molecule has 0 bridgehead atoms. The van der Waals surface area contributed by atoms with Crippen LogP contribution in [-0.4, -0.2) is 34.1 Å². The average Bonchev–Trinajstić information content (AvgIpc) is 2.87.